The number of morpholine rings is 1. The molecule has 0 aromatic carbocycles. The Labute approximate surface area is 159 Å². The first kappa shape index (κ1) is 18.4. The molecular formula is C19H28N4O4. The van der Waals surface area contributed by atoms with Gasteiger partial charge in [0.1, 0.15) is 6.26 Å². The lowest BCUT2D eigenvalue weighted by Gasteiger charge is -2.33. The van der Waals surface area contributed by atoms with Crippen molar-refractivity contribution in [1.82, 2.24) is 20.3 Å². The zero-order valence-electron chi connectivity index (χ0n) is 15.6. The van der Waals surface area contributed by atoms with Crippen LogP contribution in [0.1, 0.15) is 42.6 Å². The van der Waals surface area contributed by atoms with Crippen molar-refractivity contribution in [1.29, 1.82) is 0 Å². The van der Waals surface area contributed by atoms with E-state index in [0.717, 1.165) is 25.3 Å². The lowest BCUT2D eigenvalue weighted by molar-refractivity contribution is -0.136. The molecule has 1 aromatic heterocycles. The van der Waals surface area contributed by atoms with Crippen molar-refractivity contribution in [3.8, 4) is 0 Å². The largest absolute Gasteiger partial charge is 0.378 e. The lowest BCUT2D eigenvalue weighted by atomic mass is 10.1. The van der Waals surface area contributed by atoms with Crippen molar-refractivity contribution in [3.05, 3.63) is 18.0 Å². The number of aromatic nitrogens is 1. The van der Waals surface area contributed by atoms with E-state index in [4.69, 9.17) is 9.26 Å². The van der Waals surface area contributed by atoms with Crippen LogP contribution in [0.15, 0.2) is 16.9 Å². The van der Waals surface area contributed by atoms with Crippen molar-refractivity contribution in [3.63, 3.8) is 0 Å². The van der Waals surface area contributed by atoms with E-state index in [0.29, 0.717) is 45.0 Å². The van der Waals surface area contributed by atoms with Gasteiger partial charge in [0, 0.05) is 50.7 Å². The van der Waals surface area contributed by atoms with E-state index in [1.165, 1.54) is 19.1 Å². The summed E-state index contributed by atoms with van der Waals surface area (Å²) in [6, 6.07) is 2.12. The predicted molar refractivity (Wildman–Crippen MR) is 97.1 cm³/mol. The second kappa shape index (κ2) is 8.39. The fourth-order valence-corrected chi connectivity index (χ4v) is 4.12. The van der Waals surface area contributed by atoms with Crippen LogP contribution < -0.4 is 5.32 Å². The van der Waals surface area contributed by atoms with Crippen molar-refractivity contribution >= 4 is 11.8 Å². The van der Waals surface area contributed by atoms with Crippen molar-refractivity contribution in [2.24, 2.45) is 5.92 Å². The first-order valence-electron chi connectivity index (χ1n) is 10.0. The number of ether oxygens (including phenoxy) is 1. The van der Waals surface area contributed by atoms with Gasteiger partial charge in [-0.25, -0.2) is 0 Å². The second-order valence-electron chi connectivity index (χ2n) is 7.82. The Morgan fingerprint density at radius 2 is 1.93 bits per heavy atom. The molecule has 8 nitrogen and oxygen atoms in total. The normalized spacial score (nSPS) is 26.3. The van der Waals surface area contributed by atoms with Gasteiger partial charge in [0.15, 0.2) is 5.69 Å². The quantitative estimate of drug-likeness (QED) is 0.761. The Balaban J connectivity index is 1.33. The van der Waals surface area contributed by atoms with E-state index in [1.807, 2.05) is 4.90 Å². The number of carbonyl (C=O) groups is 2. The van der Waals surface area contributed by atoms with Gasteiger partial charge in [-0.05, 0) is 31.6 Å². The Kier molecular flexibility index (Phi) is 5.73. The zero-order chi connectivity index (χ0) is 18.6. The van der Waals surface area contributed by atoms with E-state index in [1.54, 1.807) is 6.07 Å². The molecule has 148 valence electrons. The molecule has 3 heterocycles. The molecule has 1 aliphatic carbocycles. The third-order valence-electron chi connectivity index (χ3n) is 5.88. The molecule has 0 bridgehead atoms. The molecule has 4 rings (SSSR count). The molecule has 2 amide bonds. The second-order valence-corrected chi connectivity index (χ2v) is 7.82. The van der Waals surface area contributed by atoms with Crippen LogP contribution >= 0.6 is 0 Å². The molecule has 0 spiro atoms. The molecular weight excluding hydrogens is 348 g/mol. The maximum Gasteiger partial charge on any atom is 0.273 e. The number of carbonyl (C=O) groups excluding carboxylic acids is 2. The average molecular weight is 376 g/mol. The number of nitrogens with zero attached hydrogens (tertiary/aromatic N) is 3. The van der Waals surface area contributed by atoms with Crippen LogP contribution in [0.4, 0.5) is 0 Å². The van der Waals surface area contributed by atoms with Gasteiger partial charge < -0.3 is 19.5 Å². The van der Waals surface area contributed by atoms with E-state index in [9.17, 15) is 9.59 Å². The molecule has 0 radical (unpaired) electrons. The summed E-state index contributed by atoms with van der Waals surface area (Å²) in [6.45, 7) is 4.29. The van der Waals surface area contributed by atoms with Crippen LogP contribution in [-0.4, -0.2) is 78.2 Å². The summed E-state index contributed by atoms with van der Waals surface area (Å²) in [4.78, 5) is 29.2. The highest BCUT2D eigenvalue weighted by Crippen LogP contribution is 2.35. The van der Waals surface area contributed by atoms with Crippen LogP contribution in [0.2, 0.25) is 0 Å². The molecule has 3 aliphatic rings. The van der Waals surface area contributed by atoms with Crippen LogP contribution in [-0.2, 0) is 9.53 Å². The fourth-order valence-electron chi connectivity index (χ4n) is 4.12. The standard InChI is InChI=1S/C19H28N4O4/c24-18(22-6-9-26-10-7-22)11-15-3-4-16(23(15)13-14-1-2-14)12-20-19(25)17-5-8-27-21-17/h5,8,14-16H,1-4,6-7,9-13H2,(H,20,25)/t15-,16+/m1/s1. The molecule has 2 aliphatic heterocycles. The topological polar surface area (TPSA) is 87.9 Å². The maximum absolute atomic E-state index is 12.7. The lowest BCUT2D eigenvalue weighted by Crippen LogP contribution is -2.47. The first-order chi connectivity index (χ1) is 13.2. The average Bonchev–Trinajstić information content (AvgIpc) is 3.19. The van der Waals surface area contributed by atoms with E-state index < -0.39 is 0 Å². The van der Waals surface area contributed by atoms with Crippen LogP contribution in [0.5, 0.6) is 0 Å². The molecule has 3 fully saturated rings. The van der Waals surface area contributed by atoms with Gasteiger partial charge in [-0.3, -0.25) is 14.5 Å². The van der Waals surface area contributed by atoms with Gasteiger partial charge >= 0.3 is 0 Å². The first-order valence-corrected chi connectivity index (χ1v) is 10.0. The Hall–Kier alpha value is -1.93. The van der Waals surface area contributed by atoms with Crippen LogP contribution in [0.3, 0.4) is 0 Å². The highest BCUT2D eigenvalue weighted by atomic mass is 16.5. The summed E-state index contributed by atoms with van der Waals surface area (Å²) in [5, 5.41) is 6.66. The minimum Gasteiger partial charge on any atom is -0.378 e. The van der Waals surface area contributed by atoms with Crippen molar-refractivity contribution in [2.75, 3.05) is 39.4 Å². The monoisotopic (exact) mass is 376 g/mol. The molecule has 8 heteroatoms. The van der Waals surface area contributed by atoms with Gasteiger partial charge in [0.05, 0.1) is 13.2 Å². The minimum atomic E-state index is -0.206. The van der Waals surface area contributed by atoms with E-state index in [-0.39, 0.29) is 23.9 Å². The Morgan fingerprint density at radius 1 is 1.15 bits per heavy atom. The molecule has 1 N–H and O–H groups in total. The van der Waals surface area contributed by atoms with Gasteiger partial charge in [-0.15, -0.1) is 0 Å². The third-order valence-corrected chi connectivity index (χ3v) is 5.88. The van der Waals surface area contributed by atoms with Crippen molar-refractivity contribution in [2.45, 2.75) is 44.2 Å². The smallest absolute Gasteiger partial charge is 0.273 e. The summed E-state index contributed by atoms with van der Waals surface area (Å²) in [5.41, 5.74) is 0.306. The van der Waals surface area contributed by atoms with E-state index in [2.05, 4.69) is 15.4 Å². The summed E-state index contributed by atoms with van der Waals surface area (Å²) in [7, 11) is 0. The Bertz CT molecular complexity index is 640. The third kappa shape index (κ3) is 4.68. The Morgan fingerprint density at radius 3 is 2.63 bits per heavy atom. The molecule has 27 heavy (non-hydrogen) atoms. The summed E-state index contributed by atoms with van der Waals surface area (Å²) in [6.07, 6.45) is 6.54. The number of hydrogen-bond donors (Lipinski definition) is 1. The molecule has 2 atom stereocenters. The number of likely N-dealkylation sites (tertiary alicyclic amines) is 1. The molecule has 1 aromatic rings. The van der Waals surface area contributed by atoms with E-state index >= 15 is 0 Å². The summed E-state index contributed by atoms with van der Waals surface area (Å²) >= 11 is 0. The van der Waals surface area contributed by atoms with Gasteiger partial charge in [-0.1, -0.05) is 5.16 Å². The number of amides is 2. The number of nitrogens with one attached hydrogen (secondary N) is 1. The highest BCUT2D eigenvalue weighted by Gasteiger charge is 2.38. The molecule has 2 saturated heterocycles. The predicted octanol–water partition coefficient (Wildman–Crippen LogP) is 0.896. The molecule has 1 saturated carbocycles. The molecule has 0 unspecified atom stereocenters. The maximum atomic E-state index is 12.7. The fraction of sp³-hybridized carbons (Fsp3) is 0.737. The van der Waals surface area contributed by atoms with Gasteiger partial charge in [0.25, 0.3) is 5.91 Å². The van der Waals surface area contributed by atoms with Gasteiger partial charge in [0.2, 0.25) is 5.91 Å². The highest BCUT2D eigenvalue weighted by molar-refractivity contribution is 5.91. The van der Waals surface area contributed by atoms with Crippen LogP contribution in [0.25, 0.3) is 0 Å². The SMILES string of the molecule is O=C(NC[C@@H]1CC[C@H](CC(=O)N2CCOCC2)N1CC1CC1)c1ccon1. The number of rotatable bonds is 7. The minimum absolute atomic E-state index is 0.206. The van der Waals surface area contributed by atoms with Crippen LogP contribution in [0, 0.1) is 5.92 Å². The number of hydrogen-bond acceptors (Lipinski definition) is 6. The summed E-state index contributed by atoms with van der Waals surface area (Å²) < 4.78 is 10.1. The summed E-state index contributed by atoms with van der Waals surface area (Å²) in [5.74, 6) is 0.775. The van der Waals surface area contributed by atoms with Gasteiger partial charge in [-0.2, -0.15) is 0 Å². The zero-order valence-corrected chi connectivity index (χ0v) is 15.6. The van der Waals surface area contributed by atoms with Crippen molar-refractivity contribution < 1.29 is 18.8 Å².